The lowest BCUT2D eigenvalue weighted by Gasteiger charge is -2.08. The van der Waals surface area contributed by atoms with Crippen LogP contribution in [-0.2, 0) is 9.59 Å². The molecule has 2 aromatic rings. The maximum Gasteiger partial charge on any atom is 0.335 e. The molecule has 3 rings (SSSR count). The van der Waals surface area contributed by atoms with Crippen molar-refractivity contribution in [1.82, 2.24) is 4.98 Å². The fraction of sp³-hybridized carbons (Fsp3) is 0.231. The van der Waals surface area contributed by atoms with E-state index < -0.39 is 5.97 Å². The molecule has 1 aromatic heterocycles. The fourth-order valence-electron chi connectivity index (χ4n) is 2.13. The fourth-order valence-corrected chi connectivity index (χ4v) is 3.15. The number of hydrogen-bond acceptors (Lipinski definition) is 5. The van der Waals surface area contributed by atoms with Crippen LogP contribution in [0.1, 0.15) is 23.7 Å². The standard InChI is InChI=1S/C13H10N2O4S/c1-6-4-10(16)15(11(6)17)13-14-8-3-2-7(12(18)19)5-9(8)20-13/h2-3,5-6H,4H2,1H3,(H,18,19). The van der Waals surface area contributed by atoms with Gasteiger partial charge in [-0.1, -0.05) is 18.3 Å². The van der Waals surface area contributed by atoms with Gasteiger partial charge in [0.05, 0.1) is 15.8 Å². The molecule has 1 unspecified atom stereocenters. The lowest BCUT2D eigenvalue weighted by Crippen LogP contribution is -2.29. The van der Waals surface area contributed by atoms with E-state index in [-0.39, 0.29) is 29.7 Å². The summed E-state index contributed by atoms with van der Waals surface area (Å²) in [4.78, 5) is 40.0. The Hall–Kier alpha value is -2.28. The highest BCUT2D eigenvalue weighted by Crippen LogP contribution is 2.33. The van der Waals surface area contributed by atoms with Crippen molar-refractivity contribution in [2.45, 2.75) is 13.3 Å². The first-order valence-corrected chi connectivity index (χ1v) is 6.79. The van der Waals surface area contributed by atoms with Crippen LogP contribution in [0.2, 0.25) is 0 Å². The average Bonchev–Trinajstić information content (AvgIpc) is 2.90. The maximum absolute atomic E-state index is 11.9. The first-order valence-electron chi connectivity index (χ1n) is 5.98. The quantitative estimate of drug-likeness (QED) is 0.853. The number of anilines is 1. The number of thiazole rings is 1. The van der Waals surface area contributed by atoms with Crippen LogP contribution >= 0.6 is 11.3 Å². The third-order valence-corrected chi connectivity index (χ3v) is 4.19. The van der Waals surface area contributed by atoms with Gasteiger partial charge in [-0.3, -0.25) is 9.59 Å². The van der Waals surface area contributed by atoms with Gasteiger partial charge in [0.2, 0.25) is 11.8 Å². The van der Waals surface area contributed by atoms with Crippen molar-refractivity contribution in [2.75, 3.05) is 4.90 Å². The summed E-state index contributed by atoms with van der Waals surface area (Å²) in [6.07, 6.45) is 0.190. The zero-order valence-corrected chi connectivity index (χ0v) is 11.3. The number of aromatic carboxylic acids is 1. The number of hydrogen-bond donors (Lipinski definition) is 1. The summed E-state index contributed by atoms with van der Waals surface area (Å²) in [5.74, 6) is -1.87. The van der Waals surface area contributed by atoms with E-state index in [0.29, 0.717) is 15.3 Å². The van der Waals surface area contributed by atoms with Gasteiger partial charge < -0.3 is 5.11 Å². The summed E-state index contributed by atoms with van der Waals surface area (Å²) in [6.45, 7) is 1.70. The predicted molar refractivity (Wildman–Crippen MR) is 72.9 cm³/mol. The van der Waals surface area contributed by atoms with Crippen LogP contribution in [0.3, 0.4) is 0 Å². The van der Waals surface area contributed by atoms with Gasteiger partial charge in [0.1, 0.15) is 0 Å². The topological polar surface area (TPSA) is 87.6 Å². The molecule has 0 aliphatic carbocycles. The summed E-state index contributed by atoms with van der Waals surface area (Å²) in [7, 11) is 0. The highest BCUT2D eigenvalue weighted by molar-refractivity contribution is 7.22. The number of imide groups is 1. The van der Waals surface area contributed by atoms with Crippen LogP contribution in [0.25, 0.3) is 10.2 Å². The van der Waals surface area contributed by atoms with Crippen molar-refractivity contribution in [3.05, 3.63) is 23.8 Å². The number of amides is 2. The molecule has 1 atom stereocenters. The molecular weight excluding hydrogens is 280 g/mol. The van der Waals surface area contributed by atoms with Crippen molar-refractivity contribution < 1.29 is 19.5 Å². The van der Waals surface area contributed by atoms with Crippen LogP contribution in [0, 0.1) is 5.92 Å². The Morgan fingerprint density at radius 2 is 2.20 bits per heavy atom. The molecular formula is C13H10N2O4S. The van der Waals surface area contributed by atoms with Gasteiger partial charge in [-0.2, -0.15) is 0 Å². The number of nitrogens with zero attached hydrogens (tertiary/aromatic N) is 2. The van der Waals surface area contributed by atoms with E-state index in [1.807, 2.05) is 0 Å². The summed E-state index contributed by atoms with van der Waals surface area (Å²) >= 11 is 1.15. The van der Waals surface area contributed by atoms with Crippen molar-refractivity contribution in [3.63, 3.8) is 0 Å². The normalized spacial score (nSPS) is 19.1. The third-order valence-electron chi connectivity index (χ3n) is 3.19. The summed E-state index contributed by atoms with van der Waals surface area (Å²) in [6, 6.07) is 4.52. The third kappa shape index (κ3) is 1.87. The molecule has 1 N–H and O–H groups in total. The number of carboxylic acids is 1. The zero-order valence-electron chi connectivity index (χ0n) is 10.5. The second-order valence-electron chi connectivity index (χ2n) is 4.66. The molecule has 2 heterocycles. The van der Waals surface area contributed by atoms with E-state index in [1.165, 1.54) is 12.1 Å². The molecule has 1 saturated heterocycles. The molecule has 1 aliphatic rings. The SMILES string of the molecule is CC1CC(=O)N(c2nc3ccc(C(=O)O)cc3s2)C1=O. The summed E-state index contributed by atoms with van der Waals surface area (Å²) < 4.78 is 0.639. The van der Waals surface area contributed by atoms with E-state index in [9.17, 15) is 14.4 Å². The van der Waals surface area contributed by atoms with E-state index >= 15 is 0 Å². The highest BCUT2D eigenvalue weighted by atomic mass is 32.1. The second-order valence-corrected chi connectivity index (χ2v) is 5.67. The van der Waals surface area contributed by atoms with Crippen molar-refractivity contribution in [2.24, 2.45) is 5.92 Å². The highest BCUT2D eigenvalue weighted by Gasteiger charge is 2.38. The van der Waals surface area contributed by atoms with Gasteiger partial charge in [-0.25, -0.2) is 14.7 Å². The van der Waals surface area contributed by atoms with Crippen molar-refractivity contribution in [1.29, 1.82) is 0 Å². The number of carbonyl (C=O) groups is 3. The Kier molecular flexibility index (Phi) is 2.79. The first-order chi connectivity index (χ1) is 9.47. The van der Waals surface area contributed by atoms with Gasteiger partial charge in [0.15, 0.2) is 5.13 Å². The Balaban J connectivity index is 2.07. The van der Waals surface area contributed by atoms with Gasteiger partial charge in [0, 0.05) is 12.3 Å². The molecule has 20 heavy (non-hydrogen) atoms. The number of rotatable bonds is 2. The molecule has 6 nitrogen and oxygen atoms in total. The minimum absolute atomic E-state index is 0.153. The molecule has 1 fully saturated rings. The second kappa shape index (κ2) is 4.38. The van der Waals surface area contributed by atoms with Crippen LogP contribution in [0.4, 0.5) is 5.13 Å². The molecule has 7 heteroatoms. The maximum atomic E-state index is 11.9. The molecule has 0 radical (unpaired) electrons. The smallest absolute Gasteiger partial charge is 0.335 e. The lowest BCUT2D eigenvalue weighted by molar-refractivity contribution is -0.122. The molecule has 1 aromatic carbocycles. The van der Waals surface area contributed by atoms with E-state index in [1.54, 1.807) is 13.0 Å². The monoisotopic (exact) mass is 290 g/mol. The summed E-state index contributed by atoms with van der Waals surface area (Å²) in [5.41, 5.74) is 0.732. The van der Waals surface area contributed by atoms with Gasteiger partial charge >= 0.3 is 5.97 Å². The van der Waals surface area contributed by atoms with E-state index in [2.05, 4.69) is 4.98 Å². The number of carbonyl (C=O) groups excluding carboxylic acids is 2. The minimum atomic E-state index is -1.02. The molecule has 0 bridgehead atoms. The van der Waals surface area contributed by atoms with Gasteiger partial charge in [-0.05, 0) is 18.2 Å². The predicted octanol–water partition coefficient (Wildman–Crippen LogP) is 1.89. The largest absolute Gasteiger partial charge is 0.478 e. The summed E-state index contributed by atoms with van der Waals surface area (Å²) in [5, 5.41) is 9.25. The van der Waals surface area contributed by atoms with Gasteiger partial charge in [-0.15, -0.1) is 0 Å². The van der Waals surface area contributed by atoms with Crippen LogP contribution in [0.5, 0.6) is 0 Å². The molecule has 0 spiro atoms. The van der Waals surface area contributed by atoms with E-state index in [4.69, 9.17) is 5.11 Å². The molecule has 102 valence electrons. The molecule has 2 amide bonds. The van der Waals surface area contributed by atoms with Gasteiger partial charge in [0.25, 0.3) is 0 Å². The Morgan fingerprint density at radius 1 is 1.45 bits per heavy atom. The van der Waals surface area contributed by atoms with Crippen molar-refractivity contribution >= 4 is 44.5 Å². The van der Waals surface area contributed by atoms with Crippen molar-refractivity contribution in [3.8, 4) is 0 Å². The number of fused-ring (bicyclic) bond motifs is 1. The number of aromatic nitrogens is 1. The average molecular weight is 290 g/mol. The molecule has 0 saturated carbocycles. The lowest BCUT2D eigenvalue weighted by atomic mass is 10.1. The number of carboxylic acid groups (broad SMARTS) is 1. The number of benzene rings is 1. The Bertz CT molecular complexity index is 752. The Labute approximate surface area is 117 Å². The first kappa shape index (κ1) is 12.7. The zero-order chi connectivity index (χ0) is 14.4. The molecule has 1 aliphatic heterocycles. The van der Waals surface area contributed by atoms with Crippen LogP contribution in [-0.4, -0.2) is 27.9 Å². The van der Waals surface area contributed by atoms with Crippen LogP contribution < -0.4 is 4.90 Å². The Morgan fingerprint density at radius 3 is 2.80 bits per heavy atom. The van der Waals surface area contributed by atoms with Crippen LogP contribution in [0.15, 0.2) is 18.2 Å². The van der Waals surface area contributed by atoms with E-state index in [0.717, 1.165) is 16.2 Å². The minimum Gasteiger partial charge on any atom is -0.478 e.